The molecule has 4 N–H and O–H groups in total. The van der Waals surface area contributed by atoms with Crippen LogP contribution in [0.5, 0.6) is 0 Å². The summed E-state index contributed by atoms with van der Waals surface area (Å²) < 4.78 is 0. The fraction of sp³-hybridized carbons (Fsp3) is 0.905. The van der Waals surface area contributed by atoms with Crippen LogP contribution in [0, 0.1) is 0 Å². The van der Waals surface area contributed by atoms with Crippen LogP contribution >= 0.6 is 0 Å². The molecule has 0 saturated carbocycles. The van der Waals surface area contributed by atoms with Crippen LogP contribution < -0.4 is 5.73 Å². The van der Waals surface area contributed by atoms with Crippen LogP contribution in [0.15, 0.2) is 0 Å². The maximum Gasteiger partial charge on any atom is 0.323 e. The molecule has 0 aromatic heterocycles. The normalized spacial score (nSPS) is 13.5. The molecule has 0 amide bonds. The molecule has 0 radical (unpaired) electrons. The van der Waals surface area contributed by atoms with Crippen molar-refractivity contribution >= 4 is 11.9 Å². The fourth-order valence-corrected chi connectivity index (χ4v) is 3.30. The molecule has 0 aliphatic carbocycles. The van der Waals surface area contributed by atoms with Crippen molar-refractivity contribution in [2.45, 2.75) is 122 Å². The van der Waals surface area contributed by atoms with E-state index in [1.807, 2.05) is 0 Å². The number of aliphatic carboxylic acids is 2. The van der Waals surface area contributed by atoms with E-state index in [-0.39, 0.29) is 12.8 Å². The van der Waals surface area contributed by atoms with E-state index in [2.05, 4.69) is 6.92 Å². The third-order valence-corrected chi connectivity index (χ3v) is 5.19. The molecule has 0 bridgehead atoms. The van der Waals surface area contributed by atoms with Crippen molar-refractivity contribution in [2.75, 3.05) is 0 Å². The van der Waals surface area contributed by atoms with Crippen LogP contribution in [0.3, 0.4) is 0 Å². The number of carboxylic acid groups (broad SMARTS) is 2. The summed E-state index contributed by atoms with van der Waals surface area (Å²) in [6, 6.07) is 0. The van der Waals surface area contributed by atoms with E-state index in [1.54, 1.807) is 0 Å². The van der Waals surface area contributed by atoms with Gasteiger partial charge >= 0.3 is 11.9 Å². The molecular weight excluding hydrogens is 330 g/mol. The highest BCUT2D eigenvalue weighted by molar-refractivity contribution is 5.79. The van der Waals surface area contributed by atoms with Crippen molar-refractivity contribution in [2.24, 2.45) is 5.73 Å². The molecule has 0 aromatic rings. The topological polar surface area (TPSA) is 101 Å². The van der Waals surface area contributed by atoms with Crippen molar-refractivity contribution in [3.05, 3.63) is 0 Å². The van der Waals surface area contributed by atoms with Gasteiger partial charge in [-0.2, -0.15) is 0 Å². The predicted octanol–water partition coefficient (Wildman–Crippen LogP) is 5.50. The largest absolute Gasteiger partial charge is 0.481 e. The highest BCUT2D eigenvalue weighted by Gasteiger charge is 2.33. The van der Waals surface area contributed by atoms with Gasteiger partial charge in [-0.1, -0.05) is 96.8 Å². The van der Waals surface area contributed by atoms with Crippen LogP contribution in [0.4, 0.5) is 0 Å². The molecule has 1 unspecified atom stereocenters. The van der Waals surface area contributed by atoms with Crippen molar-refractivity contribution in [1.29, 1.82) is 0 Å². The third-order valence-electron chi connectivity index (χ3n) is 5.19. The van der Waals surface area contributed by atoms with Gasteiger partial charge in [0.1, 0.15) is 5.54 Å². The van der Waals surface area contributed by atoms with Crippen LogP contribution in [-0.4, -0.2) is 27.7 Å². The summed E-state index contributed by atoms with van der Waals surface area (Å²) in [5, 5.41) is 17.9. The number of nitrogens with two attached hydrogens (primary N) is 1. The molecule has 1 atom stereocenters. The van der Waals surface area contributed by atoms with Gasteiger partial charge in [-0.05, 0) is 12.8 Å². The van der Waals surface area contributed by atoms with Gasteiger partial charge in [-0.3, -0.25) is 9.59 Å². The molecule has 5 nitrogen and oxygen atoms in total. The summed E-state index contributed by atoms with van der Waals surface area (Å²) in [7, 11) is 0. The first-order valence-corrected chi connectivity index (χ1v) is 10.7. The average molecular weight is 372 g/mol. The monoisotopic (exact) mass is 371 g/mol. The minimum Gasteiger partial charge on any atom is -0.481 e. The lowest BCUT2D eigenvalue weighted by molar-refractivity contribution is -0.145. The Morgan fingerprint density at radius 2 is 1.08 bits per heavy atom. The summed E-state index contributed by atoms with van der Waals surface area (Å²) in [4.78, 5) is 21.9. The summed E-state index contributed by atoms with van der Waals surface area (Å²) in [5.74, 6) is -2.09. The standard InChI is InChI=1S/C21H41NO4/c1-2-3-4-5-6-7-8-9-10-11-12-13-14-15-17-21(22,20(25)26)18-16-19(23)24/h2-18,22H2,1H3,(H,23,24)(H,25,26). The van der Waals surface area contributed by atoms with Gasteiger partial charge < -0.3 is 15.9 Å². The number of carboxylic acids is 2. The zero-order valence-corrected chi connectivity index (χ0v) is 16.8. The van der Waals surface area contributed by atoms with E-state index < -0.39 is 17.5 Å². The van der Waals surface area contributed by atoms with Crippen LogP contribution in [0.2, 0.25) is 0 Å². The first kappa shape index (κ1) is 24.9. The molecule has 26 heavy (non-hydrogen) atoms. The number of rotatable bonds is 19. The molecule has 5 heteroatoms. The molecular formula is C21H41NO4. The molecule has 0 saturated heterocycles. The summed E-state index contributed by atoms with van der Waals surface area (Å²) in [5.41, 5.74) is 4.48. The molecule has 0 spiro atoms. The molecule has 154 valence electrons. The van der Waals surface area contributed by atoms with E-state index in [0.717, 1.165) is 19.3 Å². The number of hydrogen-bond donors (Lipinski definition) is 3. The lowest BCUT2D eigenvalue weighted by Crippen LogP contribution is -2.48. The zero-order valence-electron chi connectivity index (χ0n) is 16.8. The number of hydrogen-bond acceptors (Lipinski definition) is 3. The van der Waals surface area contributed by atoms with Crippen LogP contribution in [0.25, 0.3) is 0 Å². The fourth-order valence-electron chi connectivity index (χ4n) is 3.30. The molecule has 0 heterocycles. The Balaban J connectivity index is 3.51. The maximum atomic E-state index is 11.3. The van der Waals surface area contributed by atoms with Gasteiger partial charge in [-0.15, -0.1) is 0 Å². The Bertz CT molecular complexity index is 373. The van der Waals surface area contributed by atoms with Gasteiger partial charge in [-0.25, -0.2) is 0 Å². The van der Waals surface area contributed by atoms with Crippen LogP contribution in [0.1, 0.15) is 116 Å². The quantitative estimate of drug-likeness (QED) is 0.260. The zero-order chi connectivity index (χ0) is 19.7. The van der Waals surface area contributed by atoms with Gasteiger partial charge in [0.05, 0.1) is 0 Å². The smallest absolute Gasteiger partial charge is 0.323 e. The van der Waals surface area contributed by atoms with E-state index in [4.69, 9.17) is 10.8 Å². The Morgan fingerprint density at radius 3 is 1.42 bits per heavy atom. The van der Waals surface area contributed by atoms with E-state index in [1.165, 1.54) is 70.6 Å². The lowest BCUT2D eigenvalue weighted by atomic mass is 9.88. The van der Waals surface area contributed by atoms with Crippen molar-refractivity contribution in [3.8, 4) is 0 Å². The second-order valence-corrected chi connectivity index (χ2v) is 7.70. The molecule has 0 rings (SSSR count). The summed E-state index contributed by atoms with van der Waals surface area (Å²) in [6.07, 6.45) is 17.6. The van der Waals surface area contributed by atoms with Crippen LogP contribution in [-0.2, 0) is 9.59 Å². The second-order valence-electron chi connectivity index (χ2n) is 7.70. The van der Waals surface area contributed by atoms with E-state index in [9.17, 15) is 14.7 Å². The summed E-state index contributed by atoms with van der Waals surface area (Å²) >= 11 is 0. The first-order valence-electron chi connectivity index (χ1n) is 10.7. The highest BCUT2D eigenvalue weighted by Crippen LogP contribution is 2.20. The van der Waals surface area contributed by atoms with Crippen molar-refractivity contribution in [3.63, 3.8) is 0 Å². The van der Waals surface area contributed by atoms with Crippen molar-refractivity contribution < 1.29 is 19.8 Å². The van der Waals surface area contributed by atoms with Gasteiger partial charge in [0.2, 0.25) is 0 Å². The number of unbranched alkanes of at least 4 members (excludes halogenated alkanes) is 13. The SMILES string of the molecule is CCCCCCCCCCCCCCCCC(N)(CCC(=O)O)C(=O)O. The molecule has 0 aromatic carbocycles. The lowest BCUT2D eigenvalue weighted by Gasteiger charge is -2.23. The Hall–Kier alpha value is -1.10. The maximum absolute atomic E-state index is 11.3. The highest BCUT2D eigenvalue weighted by atomic mass is 16.4. The Kier molecular flexibility index (Phi) is 15.4. The van der Waals surface area contributed by atoms with Gasteiger partial charge in [0.15, 0.2) is 0 Å². The molecule has 0 aliphatic heterocycles. The van der Waals surface area contributed by atoms with E-state index in [0.29, 0.717) is 6.42 Å². The third kappa shape index (κ3) is 14.1. The van der Waals surface area contributed by atoms with Gasteiger partial charge in [0, 0.05) is 6.42 Å². The van der Waals surface area contributed by atoms with Crippen molar-refractivity contribution in [1.82, 2.24) is 0 Å². The summed E-state index contributed by atoms with van der Waals surface area (Å²) in [6.45, 7) is 2.25. The first-order chi connectivity index (χ1) is 12.4. The predicted molar refractivity (Wildman–Crippen MR) is 106 cm³/mol. The average Bonchev–Trinajstić information content (AvgIpc) is 2.60. The molecule has 0 aliphatic rings. The van der Waals surface area contributed by atoms with E-state index >= 15 is 0 Å². The minimum atomic E-state index is -1.39. The Morgan fingerprint density at radius 1 is 0.692 bits per heavy atom. The minimum absolute atomic E-state index is 0.00386. The van der Waals surface area contributed by atoms with Gasteiger partial charge in [0.25, 0.3) is 0 Å². The second kappa shape index (κ2) is 16.1. The molecule has 0 fully saturated rings. The Labute approximate surface area is 159 Å². The number of carbonyl (C=O) groups is 2.